The van der Waals surface area contributed by atoms with Crippen molar-refractivity contribution in [1.82, 2.24) is 5.06 Å². The third-order valence-electron chi connectivity index (χ3n) is 0.994. The number of carbonyl (C=O) groups is 1. The minimum Gasteiger partial charge on any atom is -0.446 e. The van der Waals surface area contributed by atoms with Gasteiger partial charge >= 0.3 is 5.97 Å². The molecular weight excluding hydrogens is 148 g/mol. The van der Waals surface area contributed by atoms with Crippen molar-refractivity contribution in [3.63, 3.8) is 0 Å². The summed E-state index contributed by atoms with van der Waals surface area (Å²) in [6.07, 6.45) is -0.618. The molecule has 0 rings (SSSR count). The second-order valence-corrected chi connectivity index (χ2v) is 2.18. The molecule has 5 heteroatoms. The number of hydrogen-bond acceptors (Lipinski definition) is 5. The predicted octanol–water partition coefficient (Wildman–Crippen LogP) is -0.455. The van der Waals surface area contributed by atoms with E-state index in [0.29, 0.717) is 6.54 Å². The standard InChI is InChI=1S/C6H14N2O3/c1-3-8(10)4-6(9)11-5(2)7/h5,10H,3-4,7H2,1-2H3. The van der Waals surface area contributed by atoms with Crippen molar-refractivity contribution in [2.75, 3.05) is 13.1 Å². The van der Waals surface area contributed by atoms with Crippen molar-refractivity contribution in [2.45, 2.75) is 20.1 Å². The number of carbonyl (C=O) groups excluding carboxylic acids is 1. The van der Waals surface area contributed by atoms with Gasteiger partial charge in [-0.05, 0) is 6.92 Å². The van der Waals surface area contributed by atoms with Crippen molar-refractivity contribution in [3.8, 4) is 0 Å². The van der Waals surface area contributed by atoms with E-state index in [4.69, 9.17) is 10.9 Å². The van der Waals surface area contributed by atoms with Gasteiger partial charge in [-0.3, -0.25) is 10.5 Å². The van der Waals surface area contributed by atoms with Crippen LogP contribution in [0.15, 0.2) is 0 Å². The normalized spacial score (nSPS) is 13.2. The van der Waals surface area contributed by atoms with Gasteiger partial charge in [0.1, 0.15) is 12.8 Å². The van der Waals surface area contributed by atoms with Gasteiger partial charge < -0.3 is 9.94 Å². The van der Waals surface area contributed by atoms with Crippen LogP contribution in [0.1, 0.15) is 13.8 Å². The quantitative estimate of drug-likeness (QED) is 0.332. The van der Waals surface area contributed by atoms with Crippen molar-refractivity contribution in [2.24, 2.45) is 5.73 Å². The first-order valence-electron chi connectivity index (χ1n) is 3.45. The maximum Gasteiger partial charge on any atom is 0.324 e. The summed E-state index contributed by atoms with van der Waals surface area (Å²) in [4.78, 5) is 10.7. The van der Waals surface area contributed by atoms with E-state index >= 15 is 0 Å². The topological polar surface area (TPSA) is 75.8 Å². The number of rotatable bonds is 4. The first-order chi connectivity index (χ1) is 5.06. The minimum absolute atomic E-state index is 0.141. The first kappa shape index (κ1) is 10.3. The van der Waals surface area contributed by atoms with Gasteiger partial charge in [0, 0.05) is 6.54 Å². The first-order valence-corrected chi connectivity index (χ1v) is 3.45. The summed E-state index contributed by atoms with van der Waals surface area (Å²) in [5.41, 5.74) is 5.17. The van der Waals surface area contributed by atoms with E-state index in [1.54, 1.807) is 13.8 Å². The molecular formula is C6H14N2O3. The van der Waals surface area contributed by atoms with Crippen LogP contribution in [0, 0.1) is 0 Å². The Bertz CT molecular complexity index is 127. The summed E-state index contributed by atoms with van der Waals surface area (Å²) in [7, 11) is 0. The van der Waals surface area contributed by atoms with E-state index in [0.717, 1.165) is 5.06 Å². The second kappa shape index (κ2) is 5.06. The highest BCUT2D eigenvalue weighted by Crippen LogP contribution is 1.86. The fourth-order valence-corrected chi connectivity index (χ4v) is 0.505. The Morgan fingerprint density at radius 3 is 2.73 bits per heavy atom. The van der Waals surface area contributed by atoms with Crippen molar-refractivity contribution < 1.29 is 14.7 Å². The molecule has 0 saturated carbocycles. The van der Waals surface area contributed by atoms with Gasteiger partial charge in [-0.15, -0.1) is 0 Å². The molecule has 0 aliphatic rings. The Hall–Kier alpha value is -0.650. The molecule has 0 heterocycles. The summed E-state index contributed by atoms with van der Waals surface area (Å²) in [6.45, 7) is 3.51. The fraction of sp³-hybridized carbons (Fsp3) is 0.833. The molecule has 0 aliphatic carbocycles. The van der Waals surface area contributed by atoms with Gasteiger partial charge in [-0.2, -0.15) is 5.06 Å². The van der Waals surface area contributed by atoms with Crippen LogP contribution in [0.5, 0.6) is 0 Å². The molecule has 0 fully saturated rings. The van der Waals surface area contributed by atoms with Gasteiger partial charge in [0.2, 0.25) is 0 Å². The summed E-state index contributed by atoms with van der Waals surface area (Å²) >= 11 is 0. The Morgan fingerprint density at radius 2 is 2.36 bits per heavy atom. The van der Waals surface area contributed by atoms with Gasteiger partial charge in [-0.1, -0.05) is 6.92 Å². The zero-order valence-electron chi connectivity index (χ0n) is 6.78. The van der Waals surface area contributed by atoms with Crippen LogP contribution < -0.4 is 5.73 Å². The fourth-order valence-electron chi connectivity index (χ4n) is 0.505. The highest BCUT2D eigenvalue weighted by atomic mass is 16.6. The van der Waals surface area contributed by atoms with E-state index in [1.807, 2.05) is 0 Å². The number of ether oxygens (including phenoxy) is 1. The van der Waals surface area contributed by atoms with E-state index in [-0.39, 0.29) is 6.54 Å². The third-order valence-corrected chi connectivity index (χ3v) is 0.994. The average Bonchev–Trinajstić information content (AvgIpc) is 1.85. The van der Waals surface area contributed by atoms with Crippen LogP contribution in [0.25, 0.3) is 0 Å². The number of esters is 1. The van der Waals surface area contributed by atoms with E-state index in [1.165, 1.54) is 0 Å². The zero-order chi connectivity index (χ0) is 8.85. The highest BCUT2D eigenvalue weighted by molar-refractivity contribution is 5.71. The summed E-state index contributed by atoms with van der Waals surface area (Å²) < 4.78 is 4.56. The highest BCUT2D eigenvalue weighted by Gasteiger charge is 2.08. The van der Waals surface area contributed by atoms with E-state index in [9.17, 15) is 4.79 Å². The van der Waals surface area contributed by atoms with Crippen LogP contribution in [-0.2, 0) is 9.53 Å². The number of hydroxylamine groups is 2. The molecule has 0 aromatic carbocycles. The van der Waals surface area contributed by atoms with Gasteiger partial charge in [0.15, 0.2) is 0 Å². The Kier molecular flexibility index (Phi) is 4.76. The molecule has 5 nitrogen and oxygen atoms in total. The second-order valence-electron chi connectivity index (χ2n) is 2.18. The van der Waals surface area contributed by atoms with Crippen LogP contribution >= 0.6 is 0 Å². The average molecular weight is 162 g/mol. The van der Waals surface area contributed by atoms with Gasteiger partial charge in [0.05, 0.1) is 0 Å². The van der Waals surface area contributed by atoms with Crippen molar-refractivity contribution in [3.05, 3.63) is 0 Å². The number of nitrogens with zero attached hydrogens (tertiary/aromatic N) is 1. The van der Waals surface area contributed by atoms with Crippen LogP contribution in [0.3, 0.4) is 0 Å². The molecule has 0 aliphatic heterocycles. The molecule has 0 saturated heterocycles. The number of nitrogens with two attached hydrogens (primary N) is 1. The molecule has 1 unspecified atom stereocenters. The lowest BCUT2D eigenvalue weighted by atomic mass is 10.6. The summed E-state index contributed by atoms with van der Waals surface area (Å²) in [5.74, 6) is -0.524. The monoisotopic (exact) mass is 162 g/mol. The maximum absolute atomic E-state index is 10.7. The molecule has 66 valence electrons. The lowest BCUT2D eigenvalue weighted by Gasteiger charge is -2.12. The molecule has 0 bridgehead atoms. The molecule has 0 amide bonds. The molecule has 0 spiro atoms. The molecule has 0 aromatic heterocycles. The van der Waals surface area contributed by atoms with Crippen LogP contribution in [0.2, 0.25) is 0 Å². The minimum atomic E-state index is -0.618. The SMILES string of the molecule is CCN(O)CC(=O)OC(C)N. The molecule has 11 heavy (non-hydrogen) atoms. The molecule has 0 aromatic rings. The molecule has 3 N–H and O–H groups in total. The predicted molar refractivity (Wildman–Crippen MR) is 38.8 cm³/mol. The van der Waals surface area contributed by atoms with Gasteiger partial charge in [0.25, 0.3) is 0 Å². The zero-order valence-corrected chi connectivity index (χ0v) is 6.78. The van der Waals surface area contributed by atoms with Crippen LogP contribution in [0.4, 0.5) is 0 Å². The smallest absolute Gasteiger partial charge is 0.324 e. The van der Waals surface area contributed by atoms with Crippen molar-refractivity contribution in [1.29, 1.82) is 0 Å². The number of hydrogen-bond donors (Lipinski definition) is 2. The largest absolute Gasteiger partial charge is 0.446 e. The Morgan fingerprint density at radius 1 is 1.82 bits per heavy atom. The number of likely N-dealkylation sites (N-methyl/N-ethyl adjacent to an activating group) is 1. The summed E-state index contributed by atoms with van der Waals surface area (Å²) in [6, 6.07) is 0. The Labute approximate surface area is 65.7 Å². The lowest BCUT2D eigenvalue weighted by molar-refractivity contribution is -0.162. The van der Waals surface area contributed by atoms with E-state index in [2.05, 4.69) is 4.74 Å². The maximum atomic E-state index is 10.7. The lowest BCUT2D eigenvalue weighted by Crippen LogP contribution is -2.32. The van der Waals surface area contributed by atoms with Gasteiger partial charge in [-0.25, -0.2) is 0 Å². The Balaban J connectivity index is 3.52. The summed E-state index contributed by atoms with van der Waals surface area (Å²) in [5, 5.41) is 9.68. The van der Waals surface area contributed by atoms with Crippen molar-refractivity contribution >= 4 is 5.97 Å². The molecule has 0 radical (unpaired) electrons. The van der Waals surface area contributed by atoms with Crippen LogP contribution in [-0.4, -0.2) is 35.6 Å². The molecule has 1 atom stereocenters. The third kappa shape index (κ3) is 5.78. The van der Waals surface area contributed by atoms with E-state index < -0.39 is 12.2 Å².